The molecule has 18 heavy (non-hydrogen) atoms. The highest BCUT2D eigenvalue weighted by molar-refractivity contribution is 5.58. The molecule has 0 aliphatic carbocycles. The quantitative estimate of drug-likeness (QED) is 0.521. The Morgan fingerprint density at radius 2 is 1.83 bits per heavy atom. The molecular formula is C16H28N2. The Labute approximate surface area is 112 Å². The Balaban J connectivity index is 2.09. The van der Waals surface area contributed by atoms with Crippen LogP contribution >= 0.6 is 0 Å². The van der Waals surface area contributed by atoms with Crippen LogP contribution in [0.4, 0.5) is 11.4 Å². The Bertz CT molecular complexity index is 345. The number of unbranched alkanes of at least 4 members (excludes halogenated alkanes) is 3. The molecule has 0 saturated carbocycles. The van der Waals surface area contributed by atoms with Crippen LogP contribution in [0, 0.1) is 12.8 Å². The van der Waals surface area contributed by atoms with Gasteiger partial charge in [0.2, 0.25) is 0 Å². The Morgan fingerprint density at radius 3 is 2.50 bits per heavy atom. The summed E-state index contributed by atoms with van der Waals surface area (Å²) in [6.45, 7) is 7.67. The minimum Gasteiger partial charge on any atom is -0.398 e. The van der Waals surface area contributed by atoms with E-state index in [9.17, 15) is 0 Å². The molecule has 0 aromatic heterocycles. The first kappa shape index (κ1) is 14.9. The zero-order valence-electron chi connectivity index (χ0n) is 12.1. The van der Waals surface area contributed by atoms with Gasteiger partial charge in [-0.1, -0.05) is 45.6 Å². The van der Waals surface area contributed by atoms with Crippen molar-refractivity contribution in [2.24, 2.45) is 5.92 Å². The van der Waals surface area contributed by atoms with E-state index in [-0.39, 0.29) is 0 Å². The molecule has 1 rings (SSSR count). The molecule has 0 amide bonds. The summed E-state index contributed by atoms with van der Waals surface area (Å²) < 4.78 is 0. The predicted molar refractivity (Wildman–Crippen MR) is 82.0 cm³/mol. The third-order valence-corrected chi connectivity index (χ3v) is 3.32. The van der Waals surface area contributed by atoms with Gasteiger partial charge in [-0.2, -0.15) is 0 Å². The van der Waals surface area contributed by atoms with Crippen LogP contribution in [0.3, 0.4) is 0 Å². The normalized spacial score (nSPS) is 10.9. The van der Waals surface area contributed by atoms with Gasteiger partial charge in [-0.25, -0.2) is 0 Å². The second kappa shape index (κ2) is 8.02. The third-order valence-electron chi connectivity index (χ3n) is 3.32. The number of hydrogen-bond donors (Lipinski definition) is 2. The first-order valence-corrected chi connectivity index (χ1v) is 7.19. The topological polar surface area (TPSA) is 38.0 Å². The van der Waals surface area contributed by atoms with Gasteiger partial charge in [-0.3, -0.25) is 0 Å². The number of benzene rings is 1. The monoisotopic (exact) mass is 248 g/mol. The number of nitrogens with two attached hydrogens (primary N) is 1. The predicted octanol–water partition coefficient (Wildman–Crippen LogP) is 4.60. The zero-order valence-corrected chi connectivity index (χ0v) is 12.1. The fourth-order valence-electron chi connectivity index (χ4n) is 2.01. The first-order chi connectivity index (χ1) is 8.59. The van der Waals surface area contributed by atoms with Gasteiger partial charge < -0.3 is 11.1 Å². The number of nitrogen functional groups attached to an aromatic ring is 1. The fraction of sp³-hybridized carbons (Fsp3) is 0.625. The van der Waals surface area contributed by atoms with Gasteiger partial charge in [0, 0.05) is 17.9 Å². The molecule has 0 heterocycles. The second-order valence-electron chi connectivity index (χ2n) is 5.59. The van der Waals surface area contributed by atoms with Crippen LogP contribution in [-0.4, -0.2) is 6.54 Å². The van der Waals surface area contributed by atoms with Crippen LogP contribution in [0.15, 0.2) is 18.2 Å². The van der Waals surface area contributed by atoms with Crippen LogP contribution < -0.4 is 11.1 Å². The van der Waals surface area contributed by atoms with Gasteiger partial charge in [0.15, 0.2) is 0 Å². The summed E-state index contributed by atoms with van der Waals surface area (Å²) in [5.41, 5.74) is 9.04. The van der Waals surface area contributed by atoms with Crippen molar-refractivity contribution in [1.82, 2.24) is 0 Å². The van der Waals surface area contributed by atoms with Crippen molar-refractivity contribution in [3.63, 3.8) is 0 Å². The summed E-state index contributed by atoms with van der Waals surface area (Å²) in [6, 6.07) is 6.19. The number of hydrogen-bond acceptors (Lipinski definition) is 2. The van der Waals surface area contributed by atoms with Crippen molar-refractivity contribution in [1.29, 1.82) is 0 Å². The first-order valence-electron chi connectivity index (χ1n) is 7.19. The Morgan fingerprint density at radius 1 is 1.11 bits per heavy atom. The molecule has 1 aromatic carbocycles. The van der Waals surface area contributed by atoms with Crippen molar-refractivity contribution in [3.8, 4) is 0 Å². The van der Waals surface area contributed by atoms with Gasteiger partial charge in [0.1, 0.15) is 0 Å². The molecule has 0 fully saturated rings. The molecule has 102 valence electrons. The van der Waals surface area contributed by atoms with Crippen molar-refractivity contribution in [2.75, 3.05) is 17.6 Å². The van der Waals surface area contributed by atoms with Crippen molar-refractivity contribution < 1.29 is 0 Å². The van der Waals surface area contributed by atoms with E-state index >= 15 is 0 Å². The van der Waals surface area contributed by atoms with E-state index < -0.39 is 0 Å². The zero-order chi connectivity index (χ0) is 13.4. The minimum absolute atomic E-state index is 0.846. The van der Waals surface area contributed by atoms with Crippen LogP contribution in [0.5, 0.6) is 0 Å². The maximum absolute atomic E-state index is 5.88. The maximum atomic E-state index is 5.88. The van der Waals surface area contributed by atoms with E-state index in [1.54, 1.807) is 0 Å². The summed E-state index contributed by atoms with van der Waals surface area (Å²) in [7, 11) is 0. The summed E-state index contributed by atoms with van der Waals surface area (Å²) >= 11 is 0. The molecule has 0 unspecified atom stereocenters. The molecule has 0 bridgehead atoms. The fourth-order valence-corrected chi connectivity index (χ4v) is 2.01. The van der Waals surface area contributed by atoms with E-state index in [1.807, 2.05) is 13.0 Å². The maximum Gasteiger partial charge on any atom is 0.0364 e. The lowest BCUT2D eigenvalue weighted by Crippen LogP contribution is -2.02. The van der Waals surface area contributed by atoms with Crippen LogP contribution in [0.25, 0.3) is 0 Å². The lowest BCUT2D eigenvalue weighted by molar-refractivity contribution is 0.523. The molecule has 0 saturated heterocycles. The molecule has 2 nitrogen and oxygen atoms in total. The highest BCUT2D eigenvalue weighted by Crippen LogP contribution is 2.17. The van der Waals surface area contributed by atoms with E-state index in [0.29, 0.717) is 0 Å². The average Bonchev–Trinajstić information content (AvgIpc) is 2.32. The molecule has 0 atom stereocenters. The summed E-state index contributed by atoms with van der Waals surface area (Å²) in [4.78, 5) is 0. The van der Waals surface area contributed by atoms with E-state index in [0.717, 1.165) is 29.4 Å². The van der Waals surface area contributed by atoms with E-state index in [4.69, 9.17) is 5.73 Å². The number of nitrogens with one attached hydrogen (secondary N) is 1. The van der Waals surface area contributed by atoms with E-state index in [1.165, 1.54) is 32.1 Å². The molecular weight excluding hydrogens is 220 g/mol. The number of anilines is 2. The lowest BCUT2D eigenvalue weighted by Gasteiger charge is -2.09. The summed E-state index contributed by atoms with van der Waals surface area (Å²) in [6.07, 6.45) is 6.65. The average molecular weight is 248 g/mol. The largest absolute Gasteiger partial charge is 0.398 e. The SMILES string of the molecule is Cc1ccc(NCCCCCCC(C)C)cc1N. The van der Waals surface area contributed by atoms with Crippen molar-refractivity contribution in [3.05, 3.63) is 23.8 Å². The molecule has 0 spiro atoms. The summed E-state index contributed by atoms with van der Waals surface area (Å²) in [5.74, 6) is 0.846. The number of aryl methyl sites for hydroxylation is 1. The van der Waals surface area contributed by atoms with Gasteiger partial charge in [-0.15, -0.1) is 0 Å². The van der Waals surface area contributed by atoms with E-state index in [2.05, 4.69) is 31.3 Å². The van der Waals surface area contributed by atoms with Crippen LogP contribution in [0.1, 0.15) is 51.5 Å². The molecule has 0 aliphatic rings. The van der Waals surface area contributed by atoms with Crippen LogP contribution in [-0.2, 0) is 0 Å². The van der Waals surface area contributed by atoms with Gasteiger partial charge >= 0.3 is 0 Å². The lowest BCUT2D eigenvalue weighted by atomic mass is 10.0. The minimum atomic E-state index is 0.846. The number of rotatable bonds is 8. The highest BCUT2D eigenvalue weighted by atomic mass is 14.9. The molecule has 0 radical (unpaired) electrons. The van der Waals surface area contributed by atoms with Gasteiger partial charge in [0.05, 0.1) is 0 Å². The van der Waals surface area contributed by atoms with Crippen LogP contribution in [0.2, 0.25) is 0 Å². The third kappa shape index (κ3) is 5.95. The van der Waals surface area contributed by atoms with Gasteiger partial charge in [0.25, 0.3) is 0 Å². The molecule has 0 aliphatic heterocycles. The Hall–Kier alpha value is -1.18. The van der Waals surface area contributed by atoms with Crippen molar-refractivity contribution >= 4 is 11.4 Å². The molecule has 1 aromatic rings. The van der Waals surface area contributed by atoms with Crippen molar-refractivity contribution in [2.45, 2.75) is 52.9 Å². The second-order valence-corrected chi connectivity index (χ2v) is 5.59. The molecule has 3 N–H and O–H groups in total. The standard InChI is InChI=1S/C16H28N2/c1-13(2)8-6-4-5-7-11-18-15-10-9-14(3)16(17)12-15/h9-10,12-13,18H,4-8,11,17H2,1-3H3. The van der Waals surface area contributed by atoms with Gasteiger partial charge in [-0.05, 0) is 37.0 Å². The molecule has 2 heteroatoms. The highest BCUT2D eigenvalue weighted by Gasteiger charge is 1.97. The Kier molecular flexibility index (Phi) is 6.63. The smallest absolute Gasteiger partial charge is 0.0364 e. The summed E-state index contributed by atoms with van der Waals surface area (Å²) in [5, 5.41) is 3.43.